The van der Waals surface area contributed by atoms with E-state index in [1.807, 2.05) is 0 Å². The molecule has 1 saturated carbocycles. The van der Waals surface area contributed by atoms with Gasteiger partial charge < -0.3 is 5.32 Å². The lowest BCUT2D eigenvalue weighted by atomic mass is 9.94. The summed E-state index contributed by atoms with van der Waals surface area (Å²) in [5, 5.41) is 3.66. The van der Waals surface area contributed by atoms with Crippen molar-refractivity contribution in [2.45, 2.75) is 64.0 Å². The van der Waals surface area contributed by atoms with Crippen molar-refractivity contribution >= 4 is 0 Å². The molecule has 2 aliphatic rings. The lowest BCUT2D eigenvalue weighted by Gasteiger charge is -2.34. The normalized spacial score (nSPS) is 31.4. The minimum Gasteiger partial charge on any atom is -0.313 e. The van der Waals surface area contributed by atoms with E-state index in [0.717, 1.165) is 12.1 Å². The molecule has 1 saturated heterocycles. The Balaban J connectivity index is 1.87. The van der Waals surface area contributed by atoms with E-state index >= 15 is 0 Å². The molecule has 88 valence electrons. The van der Waals surface area contributed by atoms with Crippen LogP contribution in [0.3, 0.4) is 0 Å². The molecule has 1 N–H and O–H groups in total. The van der Waals surface area contributed by atoms with Crippen LogP contribution in [-0.4, -0.2) is 36.6 Å². The maximum atomic E-state index is 3.66. The summed E-state index contributed by atoms with van der Waals surface area (Å²) >= 11 is 0. The molecule has 2 nitrogen and oxygen atoms in total. The third-order valence-corrected chi connectivity index (χ3v) is 4.09. The highest BCUT2D eigenvalue weighted by Gasteiger charge is 2.24. The van der Waals surface area contributed by atoms with Gasteiger partial charge in [-0.25, -0.2) is 0 Å². The molecule has 2 heteroatoms. The molecule has 2 rings (SSSR count). The second kappa shape index (κ2) is 5.86. The molecule has 2 fully saturated rings. The summed E-state index contributed by atoms with van der Waals surface area (Å²) in [5.41, 5.74) is 0. The van der Waals surface area contributed by atoms with Crippen LogP contribution in [0, 0.1) is 0 Å². The van der Waals surface area contributed by atoms with Crippen LogP contribution in [-0.2, 0) is 0 Å². The summed E-state index contributed by atoms with van der Waals surface area (Å²) in [6.07, 6.45) is 9.93. The predicted octanol–water partition coefficient (Wildman–Crippen LogP) is 2.39. The average Bonchev–Trinajstić information content (AvgIpc) is 2.55. The predicted molar refractivity (Wildman–Crippen MR) is 65.1 cm³/mol. The van der Waals surface area contributed by atoms with Crippen molar-refractivity contribution in [1.82, 2.24) is 10.2 Å². The Morgan fingerprint density at radius 1 is 1.13 bits per heavy atom. The quantitative estimate of drug-likeness (QED) is 0.753. The lowest BCUT2D eigenvalue weighted by molar-refractivity contribution is 0.153. The fraction of sp³-hybridized carbons (Fsp3) is 1.00. The SMILES string of the molecule is CCC1CN(C2CCCCC2)CCCN1. The van der Waals surface area contributed by atoms with E-state index in [1.54, 1.807) is 0 Å². The Morgan fingerprint density at radius 3 is 2.67 bits per heavy atom. The fourth-order valence-electron chi connectivity index (χ4n) is 3.08. The summed E-state index contributed by atoms with van der Waals surface area (Å²) < 4.78 is 0. The van der Waals surface area contributed by atoms with Gasteiger partial charge in [-0.05, 0) is 38.8 Å². The zero-order valence-electron chi connectivity index (χ0n) is 10.2. The molecule has 1 aliphatic carbocycles. The number of nitrogens with one attached hydrogen (secondary N) is 1. The highest BCUT2D eigenvalue weighted by molar-refractivity contribution is 4.82. The first-order chi connectivity index (χ1) is 7.40. The van der Waals surface area contributed by atoms with Crippen LogP contribution in [0.1, 0.15) is 51.9 Å². The molecule has 0 aromatic carbocycles. The summed E-state index contributed by atoms with van der Waals surface area (Å²) in [5.74, 6) is 0. The van der Waals surface area contributed by atoms with Gasteiger partial charge in [-0.15, -0.1) is 0 Å². The van der Waals surface area contributed by atoms with Gasteiger partial charge >= 0.3 is 0 Å². The highest BCUT2D eigenvalue weighted by Crippen LogP contribution is 2.23. The Kier molecular flexibility index (Phi) is 4.45. The van der Waals surface area contributed by atoms with Crippen LogP contribution in [0.15, 0.2) is 0 Å². The van der Waals surface area contributed by atoms with Gasteiger partial charge in [0.1, 0.15) is 0 Å². The molecule has 1 heterocycles. The minimum atomic E-state index is 0.745. The molecule has 0 amide bonds. The summed E-state index contributed by atoms with van der Waals surface area (Å²) in [6, 6.07) is 1.65. The molecular formula is C13H26N2. The van der Waals surface area contributed by atoms with E-state index in [0.29, 0.717) is 0 Å². The molecular weight excluding hydrogens is 184 g/mol. The Morgan fingerprint density at radius 2 is 1.93 bits per heavy atom. The molecule has 0 aromatic heterocycles. The number of hydrogen-bond acceptors (Lipinski definition) is 2. The average molecular weight is 210 g/mol. The Hall–Kier alpha value is -0.0800. The topological polar surface area (TPSA) is 15.3 Å². The van der Waals surface area contributed by atoms with Gasteiger partial charge in [0.15, 0.2) is 0 Å². The lowest BCUT2D eigenvalue weighted by Crippen LogP contribution is -2.43. The number of hydrogen-bond donors (Lipinski definition) is 1. The van der Waals surface area contributed by atoms with Crippen molar-refractivity contribution < 1.29 is 0 Å². The minimum absolute atomic E-state index is 0.745. The van der Waals surface area contributed by atoms with E-state index in [-0.39, 0.29) is 0 Å². The van der Waals surface area contributed by atoms with Crippen molar-refractivity contribution in [3.63, 3.8) is 0 Å². The Bertz CT molecular complexity index is 175. The first-order valence-electron chi connectivity index (χ1n) is 6.87. The van der Waals surface area contributed by atoms with Crippen LogP contribution < -0.4 is 5.32 Å². The first kappa shape index (κ1) is 11.4. The van der Waals surface area contributed by atoms with Gasteiger partial charge in [0.2, 0.25) is 0 Å². The van der Waals surface area contributed by atoms with Gasteiger partial charge in [-0.2, -0.15) is 0 Å². The molecule has 1 atom stereocenters. The maximum absolute atomic E-state index is 3.66. The van der Waals surface area contributed by atoms with Crippen molar-refractivity contribution in [1.29, 1.82) is 0 Å². The molecule has 1 unspecified atom stereocenters. The first-order valence-corrected chi connectivity index (χ1v) is 6.87. The van der Waals surface area contributed by atoms with Gasteiger partial charge in [0.25, 0.3) is 0 Å². The monoisotopic (exact) mass is 210 g/mol. The van der Waals surface area contributed by atoms with Gasteiger partial charge in [0.05, 0.1) is 0 Å². The zero-order valence-corrected chi connectivity index (χ0v) is 10.2. The van der Waals surface area contributed by atoms with Gasteiger partial charge in [-0.3, -0.25) is 4.90 Å². The maximum Gasteiger partial charge on any atom is 0.0192 e. The number of rotatable bonds is 2. The van der Waals surface area contributed by atoms with Crippen LogP contribution in [0.2, 0.25) is 0 Å². The molecule has 0 bridgehead atoms. The van der Waals surface area contributed by atoms with Gasteiger partial charge in [0, 0.05) is 18.6 Å². The van der Waals surface area contributed by atoms with E-state index in [4.69, 9.17) is 0 Å². The third kappa shape index (κ3) is 3.18. The standard InChI is InChI=1S/C13H26N2/c1-2-12-11-15(10-6-9-14-12)13-7-4-3-5-8-13/h12-14H,2-11H2,1H3. The number of nitrogens with zero attached hydrogens (tertiary/aromatic N) is 1. The molecule has 0 aromatic rings. The van der Waals surface area contributed by atoms with Crippen LogP contribution in [0.25, 0.3) is 0 Å². The highest BCUT2D eigenvalue weighted by atomic mass is 15.2. The third-order valence-electron chi connectivity index (χ3n) is 4.09. The summed E-state index contributed by atoms with van der Waals surface area (Å²) in [4.78, 5) is 2.77. The molecule has 0 radical (unpaired) electrons. The molecule has 0 spiro atoms. The molecule has 1 aliphatic heterocycles. The van der Waals surface area contributed by atoms with Gasteiger partial charge in [-0.1, -0.05) is 26.2 Å². The fourth-order valence-corrected chi connectivity index (χ4v) is 3.08. The summed E-state index contributed by atoms with van der Waals surface area (Å²) in [6.45, 7) is 6.15. The second-order valence-corrected chi connectivity index (χ2v) is 5.20. The zero-order chi connectivity index (χ0) is 10.5. The summed E-state index contributed by atoms with van der Waals surface area (Å²) in [7, 11) is 0. The second-order valence-electron chi connectivity index (χ2n) is 5.20. The van der Waals surface area contributed by atoms with E-state index < -0.39 is 0 Å². The van der Waals surface area contributed by atoms with Crippen LogP contribution in [0.4, 0.5) is 0 Å². The van der Waals surface area contributed by atoms with Crippen LogP contribution >= 0.6 is 0 Å². The van der Waals surface area contributed by atoms with Crippen molar-refractivity contribution in [2.24, 2.45) is 0 Å². The molecule has 15 heavy (non-hydrogen) atoms. The van der Waals surface area contributed by atoms with E-state index in [9.17, 15) is 0 Å². The van der Waals surface area contributed by atoms with Crippen molar-refractivity contribution in [2.75, 3.05) is 19.6 Å². The Labute approximate surface area is 94.4 Å². The van der Waals surface area contributed by atoms with E-state index in [1.165, 1.54) is 64.6 Å². The van der Waals surface area contributed by atoms with E-state index in [2.05, 4.69) is 17.1 Å². The largest absolute Gasteiger partial charge is 0.313 e. The van der Waals surface area contributed by atoms with Crippen LogP contribution in [0.5, 0.6) is 0 Å². The smallest absolute Gasteiger partial charge is 0.0192 e. The van der Waals surface area contributed by atoms with Crippen molar-refractivity contribution in [3.8, 4) is 0 Å². The van der Waals surface area contributed by atoms with Crippen molar-refractivity contribution in [3.05, 3.63) is 0 Å².